The molecular formula is C24H23ClN2O3. The van der Waals surface area contributed by atoms with Crippen molar-refractivity contribution in [1.82, 2.24) is 9.55 Å². The first-order chi connectivity index (χ1) is 14.7. The Kier molecular flexibility index (Phi) is 6.40. The van der Waals surface area contributed by atoms with Crippen LogP contribution in [0.4, 0.5) is 0 Å². The molecule has 1 aromatic heterocycles. The third-order valence-corrected chi connectivity index (χ3v) is 5.00. The molecule has 0 spiro atoms. The van der Waals surface area contributed by atoms with Crippen molar-refractivity contribution in [2.75, 3.05) is 13.7 Å². The molecule has 0 amide bonds. The van der Waals surface area contributed by atoms with Crippen molar-refractivity contribution in [2.45, 2.75) is 19.6 Å². The summed E-state index contributed by atoms with van der Waals surface area (Å²) in [5.74, 6) is 3.23. The van der Waals surface area contributed by atoms with E-state index in [4.69, 9.17) is 30.8 Å². The molecule has 0 aliphatic heterocycles. The van der Waals surface area contributed by atoms with Gasteiger partial charge in [-0.1, -0.05) is 29.8 Å². The van der Waals surface area contributed by atoms with Gasteiger partial charge >= 0.3 is 0 Å². The summed E-state index contributed by atoms with van der Waals surface area (Å²) in [7, 11) is 1.65. The molecular weight excluding hydrogens is 400 g/mol. The Bertz CT molecular complexity index is 1110. The molecule has 0 saturated carbocycles. The average Bonchev–Trinajstić information content (AvgIpc) is 3.14. The highest BCUT2D eigenvalue weighted by atomic mass is 35.5. The SMILES string of the molecule is COc1cccc(OCCCn2c(COc3ccc(Cl)cc3)nc3ccccc32)c1. The molecule has 4 aromatic rings. The maximum atomic E-state index is 5.95. The number of aryl methyl sites for hydroxylation is 1. The van der Waals surface area contributed by atoms with Crippen LogP contribution < -0.4 is 14.2 Å². The molecule has 0 unspecified atom stereocenters. The lowest BCUT2D eigenvalue weighted by Gasteiger charge is -2.12. The normalized spacial score (nSPS) is 10.9. The van der Waals surface area contributed by atoms with Crippen LogP contribution in [0.3, 0.4) is 0 Å². The quantitative estimate of drug-likeness (QED) is 0.322. The number of nitrogens with zero attached hydrogens (tertiary/aromatic N) is 2. The minimum absolute atomic E-state index is 0.382. The molecule has 5 nitrogen and oxygen atoms in total. The highest BCUT2D eigenvalue weighted by molar-refractivity contribution is 6.30. The number of hydrogen-bond donors (Lipinski definition) is 0. The van der Waals surface area contributed by atoms with Crippen LogP contribution in [0.2, 0.25) is 5.02 Å². The lowest BCUT2D eigenvalue weighted by atomic mass is 10.3. The number of aromatic nitrogens is 2. The van der Waals surface area contributed by atoms with E-state index in [0.717, 1.165) is 47.1 Å². The zero-order chi connectivity index (χ0) is 20.8. The minimum Gasteiger partial charge on any atom is -0.497 e. The predicted molar refractivity (Wildman–Crippen MR) is 119 cm³/mol. The number of methoxy groups -OCH3 is 1. The Morgan fingerprint density at radius 3 is 2.50 bits per heavy atom. The monoisotopic (exact) mass is 422 g/mol. The molecule has 0 bridgehead atoms. The zero-order valence-electron chi connectivity index (χ0n) is 16.8. The zero-order valence-corrected chi connectivity index (χ0v) is 17.5. The van der Waals surface area contributed by atoms with Crippen molar-refractivity contribution in [3.8, 4) is 17.2 Å². The van der Waals surface area contributed by atoms with Crippen LogP contribution >= 0.6 is 11.6 Å². The maximum Gasteiger partial charge on any atom is 0.147 e. The number of para-hydroxylation sites is 2. The Balaban J connectivity index is 1.42. The summed E-state index contributed by atoms with van der Waals surface area (Å²) in [6.07, 6.45) is 0.839. The number of benzene rings is 3. The third-order valence-electron chi connectivity index (χ3n) is 4.75. The molecule has 0 aliphatic rings. The van der Waals surface area contributed by atoms with E-state index in [1.165, 1.54) is 0 Å². The summed E-state index contributed by atoms with van der Waals surface area (Å²) >= 11 is 5.95. The van der Waals surface area contributed by atoms with Crippen molar-refractivity contribution < 1.29 is 14.2 Å². The Morgan fingerprint density at radius 1 is 0.867 bits per heavy atom. The highest BCUT2D eigenvalue weighted by Crippen LogP contribution is 2.21. The second-order valence-corrected chi connectivity index (χ2v) is 7.23. The molecule has 0 saturated heterocycles. The van der Waals surface area contributed by atoms with Crippen LogP contribution in [0.15, 0.2) is 72.8 Å². The van der Waals surface area contributed by atoms with E-state index < -0.39 is 0 Å². The Labute approximate surface area is 180 Å². The van der Waals surface area contributed by atoms with Crippen molar-refractivity contribution in [1.29, 1.82) is 0 Å². The second-order valence-electron chi connectivity index (χ2n) is 6.79. The van der Waals surface area contributed by atoms with Crippen LogP contribution in [-0.2, 0) is 13.2 Å². The van der Waals surface area contributed by atoms with Gasteiger partial charge in [-0.3, -0.25) is 0 Å². The molecule has 4 rings (SSSR count). The van der Waals surface area contributed by atoms with Gasteiger partial charge in [0.25, 0.3) is 0 Å². The van der Waals surface area contributed by atoms with E-state index in [1.807, 2.05) is 66.7 Å². The predicted octanol–water partition coefficient (Wildman–Crippen LogP) is 5.75. The van der Waals surface area contributed by atoms with Gasteiger partial charge in [0.2, 0.25) is 0 Å². The standard InChI is InChI=1S/C24H23ClN2O3/c1-28-20-6-4-7-21(16-20)29-15-5-14-27-23-9-3-2-8-22(23)26-24(27)17-30-19-12-10-18(25)11-13-19/h2-4,6-13,16H,5,14-15,17H2,1H3. The lowest BCUT2D eigenvalue weighted by Crippen LogP contribution is -2.10. The average molecular weight is 423 g/mol. The summed E-state index contributed by atoms with van der Waals surface area (Å²) in [6.45, 7) is 1.76. The van der Waals surface area contributed by atoms with Gasteiger partial charge in [-0.15, -0.1) is 0 Å². The molecule has 154 valence electrons. The summed E-state index contributed by atoms with van der Waals surface area (Å²) in [5, 5.41) is 0.686. The van der Waals surface area contributed by atoms with Crippen LogP contribution in [-0.4, -0.2) is 23.3 Å². The van der Waals surface area contributed by atoms with E-state index in [2.05, 4.69) is 10.6 Å². The molecule has 30 heavy (non-hydrogen) atoms. The summed E-state index contributed by atoms with van der Waals surface area (Å²) in [6, 6.07) is 23.1. The summed E-state index contributed by atoms with van der Waals surface area (Å²) < 4.78 is 19.2. The number of imidazole rings is 1. The summed E-state index contributed by atoms with van der Waals surface area (Å²) in [4.78, 5) is 4.76. The fourth-order valence-corrected chi connectivity index (χ4v) is 3.39. The highest BCUT2D eigenvalue weighted by Gasteiger charge is 2.11. The first-order valence-corrected chi connectivity index (χ1v) is 10.2. The first-order valence-electron chi connectivity index (χ1n) is 9.82. The minimum atomic E-state index is 0.382. The van der Waals surface area contributed by atoms with Gasteiger partial charge in [0.15, 0.2) is 0 Å². The van der Waals surface area contributed by atoms with Crippen molar-refractivity contribution >= 4 is 22.6 Å². The smallest absolute Gasteiger partial charge is 0.147 e. The third kappa shape index (κ3) is 4.86. The Morgan fingerprint density at radius 2 is 1.67 bits per heavy atom. The van der Waals surface area contributed by atoms with Crippen LogP contribution in [0.1, 0.15) is 12.2 Å². The number of hydrogen-bond acceptors (Lipinski definition) is 4. The van der Waals surface area contributed by atoms with E-state index in [-0.39, 0.29) is 0 Å². The largest absolute Gasteiger partial charge is 0.497 e. The molecule has 0 atom stereocenters. The van der Waals surface area contributed by atoms with Gasteiger partial charge in [-0.2, -0.15) is 0 Å². The number of ether oxygens (including phenoxy) is 3. The molecule has 0 radical (unpaired) electrons. The molecule has 0 fully saturated rings. The van der Waals surface area contributed by atoms with Crippen LogP contribution in [0.5, 0.6) is 17.2 Å². The van der Waals surface area contributed by atoms with E-state index >= 15 is 0 Å². The Hall–Kier alpha value is -3.18. The van der Waals surface area contributed by atoms with Crippen LogP contribution in [0, 0.1) is 0 Å². The molecule has 0 N–H and O–H groups in total. The summed E-state index contributed by atoms with van der Waals surface area (Å²) in [5.41, 5.74) is 2.05. The van der Waals surface area contributed by atoms with E-state index in [0.29, 0.717) is 18.2 Å². The fourth-order valence-electron chi connectivity index (χ4n) is 3.27. The van der Waals surface area contributed by atoms with Gasteiger partial charge < -0.3 is 18.8 Å². The molecule has 0 aliphatic carbocycles. The van der Waals surface area contributed by atoms with Crippen molar-refractivity contribution in [2.24, 2.45) is 0 Å². The van der Waals surface area contributed by atoms with E-state index in [9.17, 15) is 0 Å². The molecule has 3 aromatic carbocycles. The van der Waals surface area contributed by atoms with Crippen LogP contribution in [0.25, 0.3) is 11.0 Å². The van der Waals surface area contributed by atoms with Crippen molar-refractivity contribution in [3.63, 3.8) is 0 Å². The first kappa shape index (κ1) is 20.1. The molecule has 6 heteroatoms. The number of rotatable bonds is 9. The number of halogens is 1. The van der Waals surface area contributed by atoms with Gasteiger partial charge in [-0.25, -0.2) is 4.98 Å². The van der Waals surface area contributed by atoms with Gasteiger partial charge in [0.05, 0.1) is 24.8 Å². The lowest BCUT2D eigenvalue weighted by molar-refractivity contribution is 0.280. The molecule has 1 heterocycles. The van der Waals surface area contributed by atoms with E-state index in [1.54, 1.807) is 7.11 Å². The van der Waals surface area contributed by atoms with Gasteiger partial charge in [0, 0.05) is 17.6 Å². The van der Waals surface area contributed by atoms with Crippen molar-refractivity contribution in [3.05, 3.63) is 83.6 Å². The van der Waals surface area contributed by atoms with Gasteiger partial charge in [-0.05, 0) is 55.0 Å². The number of fused-ring (bicyclic) bond motifs is 1. The topological polar surface area (TPSA) is 45.5 Å². The maximum absolute atomic E-state index is 5.95. The van der Waals surface area contributed by atoms with Gasteiger partial charge in [0.1, 0.15) is 29.7 Å². The second kappa shape index (κ2) is 9.55. The fraction of sp³-hybridized carbons (Fsp3) is 0.208.